The molecule has 2 aromatic heterocycles. The highest BCUT2D eigenvalue weighted by atomic mass is 16.5. The zero-order valence-electron chi connectivity index (χ0n) is 13.8. The number of benzene rings is 1. The summed E-state index contributed by atoms with van der Waals surface area (Å²) in [7, 11) is 2.78. The second-order valence-electron chi connectivity index (χ2n) is 5.36. The van der Waals surface area contributed by atoms with Crippen molar-refractivity contribution in [2.24, 2.45) is 0 Å². The molecule has 0 radical (unpaired) electrons. The van der Waals surface area contributed by atoms with Gasteiger partial charge in [-0.15, -0.1) is 0 Å². The van der Waals surface area contributed by atoms with Crippen LogP contribution >= 0.6 is 0 Å². The summed E-state index contributed by atoms with van der Waals surface area (Å²) in [4.78, 5) is 39.0. The minimum atomic E-state index is -0.824. The first-order valence-electron chi connectivity index (χ1n) is 7.39. The molecule has 1 aromatic carbocycles. The van der Waals surface area contributed by atoms with Crippen molar-refractivity contribution in [3.63, 3.8) is 0 Å². The number of carbonyl (C=O) groups excluding carboxylic acids is 1. The second kappa shape index (κ2) is 6.27. The number of H-pyrrole nitrogens is 1. The molecule has 7 nitrogen and oxygen atoms in total. The molecule has 0 amide bonds. The summed E-state index contributed by atoms with van der Waals surface area (Å²) in [6.45, 7) is 1.56. The average Bonchev–Trinajstić information content (AvgIpc) is 2.60. The van der Waals surface area contributed by atoms with Gasteiger partial charge in [0.1, 0.15) is 16.9 Å². The highest BCUT2D eigenvalue weighted by molar-refractivity contribution is 6.05. The maximum Gasteiger partial charge on any atom is 0.349 e. The van der Waals surface area contributed by atoms with Crippen LogP contribution in [0.3, 0.4) is 0 Å². The summed E-state index contributed by atoms with van der Waals surface area (Å²) in [5.74, 6) is 0.231. The smallest absolute Gasteiger partial charge is 0.349 e. The van der Waals surface area contributed by atoms with E-state index in [9.17, 15) is 14.4 Å². The van der Waals surface area contributed by atoms with E-state index in [1.54, 1.807) is 38.3 Å². The van der Waals surface area contributed by atoms with Crippen LogP contribution < -0.4 is 15.9 Å². The molecule has 7 heteroatoms. The van der Waals surface area contributed by atoms with E-state index in [2.05, 4.69) is 4.98 Å². The zero-order chi connectivity index (χ0) is 18.1. The molecule has 0 aliphatic carbocycles. The van der Waals surface area contributed by atoms with Crippen LogP contribution in [0.5, 0.6) is 5.75 Å². The standard InChI is InChI=1S/C18H15NO6/c1-9-14(17(21)24-3)12-8-13(10-4-6-11(23-2)7-5-10)25-18(22)15(12)16(20)19-9/h4-8H,1-3H3,(H,19,20). The van der Waals surface area contributed by atoms with Gasteiger partial charge < -0.3 is 18.9 Å². The van der Waals surface area contributed by atoms with Crippen molar-refractivity contribution in [1.82, 2.24) is 4.98 Å². The first kappa shape index (κ1) is 16.5. The first-order valence-corrected chi connectivity index (χ1v) is 7.39. The number of hydrogen-bond acceptors (Lipinski definition) is 6. The number of hydrogen-bond donors (Lipinski definition) is 1. The maximum atomic E-state index is 12.3. The van der Waals surface area contributed by atoms with Gasteiger partial charge in [-0.3, -0.25) is 4.79 Å². The van der Waals surface area contributed by atoms with E-state index in [-0.39, 0.29) is 22.1 Å². The number of fused-ring (bicyclic) bond motifs is 1. The summed E-state index contributed by atoms with van der Waals surface area (Å²) in [5.41, 5.74) is -0.395. The van der Waals surface area contributed by atoms with Crippen molar-refractivity contribution >= 4 is 16.7 Å². The van der Waals surface area contributed by atoms with E-state index in [1.807, 2.05) is 0 Å². The Labute approximate surface area is 141 Å². The van der Waals surface area contributed by atoms with Gasteiger partial charge in [-0.2, -0.15) is 0 Å². The van der Waals surface area contributed by atoms with Crippen LogP contribution in [0.1, 0.15) is 16.1 Å². The molecule has 3 rings (SSSR count). The van der Waals surface area contributed by atoms with Crippen molar-refractivity contribution in [2.75, 3.05) is 14.2 Å². The Balaban J connectivity index is 2.35. The number of aromatic nitrogens is 1. The van der Waals surface area contributed by atoms with Crippen LogP contribution in [0.15, 0.2) is 44.3 Å². The number of rotatable bonds is 3. The highest BCUT2D eigenvalue weighted by Gasteiger charge is 2.20. The van der Waals surface area contributed by atoms with Crippen LogP contribution in [0.25, 0.3) is 22.1 Å². The van der Waals surface area contributed by atoms with Crippen LogP contribution in [0.4, 0.5) is 0 Å². The number of esters is 1. The normalized spacial score (nSPS) is 10.7. The fourth-order valence-corrected chi connectivity index (χ4v) is 2.67. The molecule has 0 aliphatic heterocycles. The van der Waals surface area contributed by atoms with E-state index >= 15 is 0 Å². The van der Waals surface area contributed by atoms with Crippen molar-refractivity contribution < 1.29 is 18.7 Å². The molecule has 0 unspecified atom stereocenters. The van der Waals surface area contributed by atoms with Gasteiger partial charge in [0.2, 0.25) is 0 Å². The van der Waals surface area contributed by atoms with Gasteiger partial charge in [-0.1, -0.05) is 0 Å². The minimum absolute atomic E-state index is 0.125. The number of methoxy groups -OCH3 is 2. The van der Waals surface area contributed by atoms with Crippen molar-refractivity contribution in [2.45, 2.75) is 6.92 Å². The van der Waals surface area contributed by atoms with Gasteiger partial charge in [-0.25, -0.2) is 9.59 Å². The van der Waals surface area contributed by atoms with E-state index in [0.717, 1.165) is 0 Å². The van der Waals surface area contributed by atoms with E-state index in [1.165, 1.54) is 13.2 Å². The highest BCUT2D eigenvalue weighted by Crippen LogP contribution is 2.26. The predicted molar refractivity (Wildman–Crippen MR) is 91.2 cm³/mol. The van der Waals surface area contributed by atoms with Gasteiger partial charge in [0, 0.05) is 16.6 Å². The van der Waals surface area contributed by atoms with Gasteiger partial charge in [0.25, 0.3) is 5.56 Å². The third-order valence-electron chi connectivity index (χ3n) is 3.89. The Kier molecular flexibility index (Phi) is 4.14. The number of pyridine rings is 1. The van der Waals surface area contributed by atoms with Gasteiger partial charge in [-0.05, 0) is 37.3 Å². The lowest BCUT2D eigenvalue weighted by Gasteiger charge is -2.09. The molecule has 0 aliphatic rings. The van der Waals surface area contributed by atoms with Crippen LogP contribution in [-0.4, -0.2) is 25.2 Å². The van der Waals surface area contributed by atoms with E-state index < -0.39 is 17.2 Å². The number of carbonyl (C=O) groups is 1. The Bertz CT molecular complexity index is 1080. The Morgan fingerprint density at radius 1 is 1.12 bits per heavy atom. The lowest BCUT2D eigenvalue weighted by atomic mass is 10.0. The molecular formula is C18H15NO6. The third-order valence-corrected chi connectivity index (χ3v) is 3.89. The second-order valence-corrected chi connectivity index (χ2v) is 5.36. The molecule has 25 heavy (non-hydrogen) atoms. The molecule has 0 bridgehead atoms. The predicted octanol–water partition coefficient (Wildman–Crippen LogP) is 2.25. The van der Waals surface area contributed by atoms with E-state index in [4.69, 9.17) is 13.9 Å². The Hall–Kier alpha value is -3.35. The minimum Gasteiger partial charge on any atom is -0.497 e. The van der Waals surface area contributed by atoms with Crippen LogP contribution in [0, 0.1) is 6.92 Å². The van der Waals surface area contributed by atoms with E-state index in [0.29, 0.717) is 17.0 Å². The molecule has 0 spiro atoms. The summed E-state index contributed by atoms with van der Waals surface area (Å²) >= 11 is 0. The summed E-state index contributed by atoms with van der Waals surface area (Å²) < 4.78 is 15.1. The number of ether oxygens (including phenoxy) is 2. The largest absolute Gasteiger partial charge is 0.497 e. The maximum absolute atomic E-state index is 12.3. The van der Waals surface area contributed by atoms with Crippen LogP contribution in [0.2, 0.25) is 0 Å². The van der Waals surface area contributed by atoms with Crippen molar-refractivity contribution in [1.29, 1.82) is 0 Å². The molecule has 0 fully saturated rings. The molecule has 128 valence electrons. The average molecular weight is 341 g/mol. The Morgan fingerprint density at radius 3 is 2.40 bits per heavy atom. The number of aryl methyl sites for hydroxylation is 1. The quantitative estimate of drug-likeness (QED) is 0.734. The lowest BCUT2D eigenvalue weighted by Crippen LogP contribution is -2.20. The van der Waals surface area contributed by atoms with Gasteiger partial charge in [0.15, 0.2) is 0 Å². The monoisotopic (exact) mass is 341 g/mol. The topological polar surface area (TPSA) is 98.6 Å². The summed E-state index contributed by atoms with van der Waals surface area (Å²) in [6.07, 6.45) is 0. The van der Waals surface area contributed by atoms with Crippen LogP contribution in [-0.2, 0) is 4.74 Å². The Morgan fingerprint density at radius 2 is 1.80 bits per heavy atom. The summed E-state index contributed by atoms with van der Waals surface area (Å²) in [5, 5.41) is -0.0292. The fraction of sp³-hybridized carbons (Fsp3) is 0.167. The molecule has 0 atom stereocenters. The number of nitrogens with one attached hydrogen (secondary N) is 1. The van der Waals surface area contributed by atoms with Crippen molar-refractivity contribution in [3.05, 3.63) is 62.4 Å². The molecule has 0 saturated carbocycles. The SMILES string of the molecule is COC(=O)c1c(C)[nH]c(=O)c2c(=O)oc(-c3ccc(OC)cc3)cc12. The number of aromatic amines is 1. The molecule has 1 N–H and O–H groups in total. The summed E-state index contributed by atoms with van der Waals surface area (Å²) in [6, 6.07) is 8.34. The molecule has 2 heterocycles. The molecule has 0 saturated heterocycles. The lowest BCUT2D eigenvalue weighted by molar-refractivity contribution is 0.0601. The zero-order valence-corrected chi connectivity index (χ0v) is 13.8. The fourth-order valence-electron chi connectivity index (χ4n) is 2.67. The van der Waals surface area contributed by atoms with Crippen molar-refractivity contribution in [3.8, 4) is 17.1 Å². The molecular weight excluding hydrogens is 326 g/mol. The van der Waals surface area contributed by atoms with Gasteiger partial charge in [0.05, 0.1) is 19.8 Å². The molecule has 3 aromatic rings. The third kappa shape index (κ3) is 2.80. The van der Waals surface area contributed by atoms with Gasteiger partial charge >= 0.3 is 11.6 Å². The first-order chi connectivity index (χ1) is 12.0.